The molecular weight excluding hydrogens is 272 g/mol. The van der Waals surface area contributed by atoms with Crippen molar-refractivity contribution in [3.05, 3.63) is 0 Å². The number of nitrogens with one attached hydrogen (secondary N) is 1. The van der Waals surface area contributed by atoms with E-state index >= 15 is 0 Å². The summed E-state index contributed by atoms with van der Waals surface area (Å²) in [5.74, 6) is 2.12. The molecule has 1 amide bonds. The highest BCUT2D eigenvalue weighted by Crippen LogP contribution is 2.14. The average molecular weight is 296 g/mol. The highest BCUT2D eigenvalue weighted by Gasteiger charge is 2.30. The van der Waals surface area contributed by atoms with Gasteiger partial charge in [0, 0.05) is 13.1 Å². The highest BCUT2D eigenvalue weighted by molar-refractivity contribution is 5.80. The molecule has 0 aliphatic carbocycles. The summed E-state index contributed by atoms with van der Waals surface area (Å²) in [6.07, 6.45) is 6.26. The number of carbonyl (C=O) groups excluding carboxylic acids is 2. The third-order valence-electron chi connectivity index (χ3n) is 3.84. The van der Waals surface area contributed by atoms with Gasteiger partial charge in [-0.15, -0.1) is 6.42 Å². The summed E-state index contributed by atoms with van der Waals surface area (Å²) in [5.41, 5.74) is -0.592. The molecule has 0 bridgehead atoms. The Morgan fingerprint density at radius 1 is 1.48 bits per heavy atom. The Hall–Kier alpha value is -1.58. The fourth-order valence-corrected chi connectivity index (χ4v) is 2.30. The molecule has 0 radical (unpaired) electrons. The van der Waals surface area contributed by atoms with Crippen LogP contribution in [0.25, 0.3) is 0 Å². The second kappa shape index (κ2) is 8.01. The van der Waals surface area contributed by atoms with Crippen LogP contribution in [0.4, 0.5) is 0 Å². The Morgan fingerprint density at radius 2 is 2.14 bits per heavy atom. The minimum atomic E-state index is -0.633. The van der Waals surface area contributed by atoms with Gasteiger partial charge in [0.1, 0.15) is 5.54 Å². The normalized spacial score (nSPS) is 19.6. The maximum atomic E-state index is 12.1. The van der Waals surface area contributed by atoms with Crippen molar-refractivity contribution in [3.63, 3.8) is 0 Å². The lowest BCUT2D eigenvalue weighted by Gasteiger charge is -2.33. The Bertz CT molecular complexity index is 412. The minimum absolute atomic E-state index is 0.137. The quantitative estimate of drug-likeness (QED) is 0.559. The zero-order valence-electron chi connectivity index (χ0n) is 13.0. The van der Waals surface area contributed by atoms with Crippen molar-refractivity contribution in [2.45, 2.75) is 38.3 Å². The van der Waals surface area contributed by atoms with Crippen LogP contribution in [0.15, 0.2) is 0 Å². The molecule has 1 unspecified atom stereocenters. The van der Waals surface area contributed by atoms with Gasteiger partial charge in [-0.05, 0) is 12.8 Å². The van der Waals surface area contributed by atoms with Crippen molar-refractivity contribution in [2.75, 3.05) is 33.4 Å². The number of esters is 1. The molecule has 0 aromatic carbocycles. The molecule has 0 saturated carbocycles. The number of amides is 1. The SMILES string of the molecule is C#CC(CC)(CC)NC(=O)CN1CCOC(C(=O)OC)C1. The summed E-state index contributed by atoms with van der Waals surface area (Å²) >= 11 is 0. The van der Waals surface area contributed by atoms with Crippen LogP contribution in [0, 0.1) is 12.3 Å². The Kier molecular flexibility index (Phi) is 6.66. The maximum absolute atomic E-state index is 12.1. The number of nitrogens with zero attached hydrogens (tertiary/aromatic N) is 1. The van der Waals surface area contributed by atoms with Gasteiger partial charge in [0.05, 0.1) is 20.3 Å². The van der Waals surface area contributed by atoms with Crippen LogP contribution in [-0.4, -0.2) is 61.8 Å². The van der Waals surface area contributed by atoms with Crippen molar-refractivity contribution in [3.8, 4) is 12.3 Å². The van der Waals surface area contributed by atoms with Gasteiger partial charge in [-0.1, -0.05) is 19.8 Å². The summed E-state index contributed by atoms with van der Waals surface area (Å²) in [4.78, 5) is 25.5. The monoisotopic (exact) mass is 296 g/mol. The van der Waals surface area contributed by atoms with Crippen LogP contribution >= 0.6 is 0 Å². The van der Waals surface area contributed by atoms with Crippen LogP contribution < -0.4 is 5.32 Å². The number of hydrogen-bond donors (Lipinski definition) is 1. The molecule has 6 heteroatoms. The standard InChI is InChI=1S/C15H24N2O4/c1-5-15(6-2,7-3)16-13(18)11-17-8-9-21-12(10-17)14(19)20-4/h1,12H,6-11H2,2-4H3,(H,16,18). The Morgan fingerprint density at radius 3 is 2.67 bits per heavy atom. The van der Waals surface area contributed by atoms with Gasteiger partial charge in [-0.2, -0.15) is 0 Å². The van der Waals surface area contributed by atoms with E-state index in [0.717, 1.165) is 0 Å². The second-order valence-electron chi connectivity index (χ2n) is 5.10. The fourth-order valence-electron chi connectivity index (χ4n) is 2.30. The smallest absolute Gasteiger partial charge is 0.336 e. The molecule has 1 aliphatic rings. The lowest BCUT2D eigenvalue weighted by molar-refractivity contribution is -0.160. The van der Waals surface area contributed by atoms with Crippen molar-refractivity contribution in [1.82, 2.24) is 10.2 Å². The summed E-state index contributed by atoms with van der Waals surface area (Å²) < 4.78 is 9.98. The number of rotatable bonds is 6. The third-order valence-corrected chi connectivity index (χ3v) is 3.84. The lowest BCUT2D eigenvalue weighted by Crippen LogP contribution is -2.53. The van der Waals surface area contributed by atoms with Gasteiger partial charge >= 0.3 is 5.97 Å². The molecule has 1 fully saturated rings. The summed E-state index contributed by atoms with van der Waals surface area (Å²) in [6.45, 7) is 5.44. The molecule has 21 heavy (non-hydrogen) atoms. The Labute approximate surface area is 126 Å². The van der Waals surface area contributed by atoms with E-state index in [-0.39, 0.29) is 12.5 Å². The minimum Gasteiger partial charge on any atom is -0.467 e. The van der Waals surface area contributed by atoms with E-state index < -0.39 is 17.6 Å². The average Bonchev–Trinajstić information content (AvgIpc) is 2.52. The van der Waals surface area contributed by atoms with Gasteiger partial charge in [0.2, 0.25) is 5.91 Å². The molecule has 1 saturated heterocycles. The number of hydrogen-bond acceptors (Lipinski definition) is 5. The predicted octanol–water partition coefficient (Wildman–Crippen LogP) is 0.168. The number of carbonyl (C=O) groups is 2. The molecule has 1 N–H and O–H groups in total. The van der Waals surface area contributed by atoms with E-state index in [4.69, 9.17) is 11.2 Å². The Balaban J connectivity index is 2.55. The van der Waals surface area contributed by atoms with Crippen LogP contribution in [0.2, 0.25) is 0 Å². The van der Waals surface area contributed by atoms with Crippen molar-refractivity contribution < 1.29 is 19.1 Å². The maximum Gasteiger partial charge on any atom is 0.336 e. The van der Waals surface area contributed by atoms with Crippen molar-refractivity contribution >= 4 is 11.9 Å². The van der Waals surface area contributed by atoms with Crippen LogP contribution in [0.5, 0.6) is 0 Å². The van der Waals surface area contributed by atoms with Gasteiger partial charge in [-0.3, -0.25) is 9.69 Å². The van der Waals surface area contributed by atoms with Crippen molar-refractivity contribution in [2.24, 2.45) is 0 Å². The van der Waals surface area contributed by atoms with Gasteiger partial charge < -0.3 is 14.8 Å². The van der Waals surface area contributed by atoms with Gasteiger partial charge in [0.15, 0.2) is 6.10 Å². The topological polar surface area (TPSA) is 67.9 Å². The lowest BCUT2D eigenvalue weighted by atomic mass is 9.94. The number of morpholine rings is 1. The van der Waals surface area contributed by atoms with E-state index in [2.05, 4.69) is 16.0 Å². The molecule has 0 aromatic heterocycles. The number of ether oxygens (including phenoxy) is 2. The molecule has 0 aromatic rings. The van der Waals surface area contributed by atoms with E-state index in [1.807, 2.05) is 18.7 Å². The fraction of sp³-hybridized carbons (Fsp3) is 0.733. The molecule has 1 atom stereocenters. The summed E-state index contributed by atoms with van der Waals surface area (Å²) in [6, 6.07) is 0. The zero-order valence-corrected chi connectivity index (χ0v) is 13.0. The van der Waals surface area contributed by atoms with Gasteiger partial charge in [-0.25, -0.2) is 4.79 Å². The van der Waals surface area contributed by atoms with Crippen LogP contribution in [0.1, 0.15) is 26.7 Å². The van der Waals surface area contributed by atoms with E-state index in [9.17, 15) is 9.59 Å². The predicted molar refractivity (Wildman–Crippen MR) is 78.5 cm³/mol. The summed E-state index contributed by atoms with van der Waals surface area (Å²) in [7, 11) is 1.32. The molecule has 6 nitrogen and oxygen atoms in total. The van der Waals surface area contributed by atoms with Gasteiger partial charge in [0.25, 0.3) is 0 Å². The number of terminal acetylenes is 1. The molecule has 0 spiro atoms. The first-order valence-electron chi connectivity index (χ1n) is 7.20. The molecule has 118 valence electrons. The van der Waals surface area contributed by atoms with Crippen molar-refractivity contribution in [1.29, 1.82) is 0 Å². The highest BCUT2D eigenvalue weighted by atomic mass is 16.6. The second-order valence-corrected chi connectivity index (χ2v) is 5.10. The number of methoxy groups -OCH3 is 1. The van der Waals surface area contributed by atoms with Crippen LogP contribution in [0.3, 0.4) is 0 Å². The first-order chi connectivity index (χ1) is 10.00. The molecular formula is C15H24N2O4. The van der Waals surface area contributed by atoms with E-state index in [0.29, 0.717) is 32.5 Å². The third kappa shape index (κ3) is 4.73. The van der Waals surface area contributed by atoms with E-state index in [1.165, 1.54) is 7.11 Å². The van der Waals surface area contributed by atoms with Crippen LogP contribution in [-0.2, 0) is 19.1 Å². The molecule has 1 heterocycles. The van der Waals surface area contributed by atoms with E-state index in [1.54, 1.807) is 0 Å². The first kappa shape index (κ1) is 17.5. The zero-order chi connectivity index (χ0) is 15.9. The molecule has 1 rings (SSSR count). The largest absolute Gasteiger partial charge is 0.467 e. The summed E-state index contributed by atoms with van der Waals surface area (Å²) in [5, 5.41) is 2.91. The molecule has 1 aliphatic heterocycles. The first-order valence-corrected chi connectivity index (χ1v) is 7.20.